The number of nitrogen functional groups attached to an aromatic ring is 1. The van der Waals surface area contributed by atoms with Gasteiger partial charge in [0.05, 0.1) is 0 Å². The highest BCUT2D eigenvalue weighted by Crippen LogP contribution is 2.23. The molecule has 92 valence electrons. The fraction of sp³-hybridized carbons (Fsp3) is 0.0714. The largest absolute Gasteiger partial charge is 0.399 e. The first kappa shape index (κ1) is 13.5. The third-order valence-electron chi connectivity index (χ3n) is 2.71. The second-order valence-corrected chi connectivity index (χ2v) is 6.12. The van der Waals surface area contributed by atoms with Crippen molar-refractivity contribution in [1.82, 2.24) is 0 Å². The van der Waals surface area contributed by atoms with E-state index >= 15 is 0 Å². The van der Waals surface area contributed by atoms with Crippen LogP contribution in [0, 0.1) is 10.5 Å². The molecule has 2 N–H and O–H groups in total. The van der Waals surface area contributed by atoms with Crippen LogP contribution in [0.5, 0.6) is 0 Å². The Morgan fingerprint density at radius 1 is 1.22 bits per heavy atom. The van der Waals surface area contributed by atoms with E-state index in [2.05, 4.69) is 38.5 Å². The quantitative estimate of drug-likeness (QED) is 0.454. The van der Waals surface area contributed by atoms with Crippen LogP contribution in [0.4, 0.5) is 5.69 Å². The van der Waals surface area contributed by atoms with Crippen LogP contribution in [0.1, 0.15) is 21.5 Å². The summed E-state index contributed by atoms with van der Waals surface area (Å²) in [7, 11) is 0. The highest BCUT2D eigenvalue weighted by atomic mass is 127. The van der Waals surface area contributed by atoms with Crippen molar-refractivity contribution in [2.24, 2.45) is 0 Å². The van der Waals surface area contributed by atoms with Gasteiger partial charge < -0.3 is 5.73 Å². The third-order valence-corrected chi connectivity index (χ3v) is 4.07. The fourth-order valence-electron chi connectivity index (χ4n) is 1.64. The summed E-state index contributed by atoms with van der Waals surface area (Å²) in [5.74, 6) is 0.00323. The number of carbonyl (C=O) groups excluding carboxylic acids is 1. The van der Waals surface area contributed by atoms with Crippen molar-refractivity contribution in [3.63, 3.8) is 0 Å². The van der Waals surface area contributed by atoms with Gasteiger partial charge in [-0.1, -0.05) is 15.9 Å². The Labute approximate surface area is 128 Å². The summed E-state index contributed by atoms with van der Waals surface area (Å²) in [5.41, 5.74) is 8.71. The zero-order valence-electron chi connectivity index (χ0n) is 9.71. The minimum absolute atomic E-state index is 0.00323. The molecule has 0 saturated heterocycles. The zero-order chi connectivity index (χ0) is 13.3. The molecule has 0 spiro atoms. The monoisotopic (exact) mass is 415 g/mol. The molecule has 18 heavy (non-hydrogen) atoms. The standard InChI is InChI=1S/C14H11BrINO/c1-8-6-9(2-5-13(8)17)14(18)11-7-10(16)3-4-12(11)15/h2-7H,17H2,1H3. The number of benzene rings is 2. The van der Waals surface area contributed by atoms with Crippen molar-refractivity contribution in [3.8, 4) is 0 Å². The Hall–Kier alpha value is -0.880. The fourth-order valence-corrected chi connectivity index (χ4v) is 2.56. The highest BCUT2D eigenvalue weighted by Gasteiger charge is 2.13. The second kappa shape index (κ2) is 5.40. The topological polar surface area (TPSA) is 43.1 Å². The molecule has 0 aliphatic carbocycles. The van der Waals surface area contributed by atoms with Gasteiger partial charge in [-0.15, -0.1) is 0 Å². The molecule has 0 atom stereocenters. The molecule has 2 aromatic carbocycles. The SMILES string of the molecule is Cc1cc(C(=O)c2cc(I)ccc2Br)ccc1N. The molecule has 0 unspecified atom stereocenters. The van der Waals surface area contributed by atoms with Crippen LogP contribution < -0.4 is 5.73 Å². The van der Waals surface area contributed by atoms with E-state index in [1.54, 1.807) is 12.1 Å². The molecule has 0 bridgehead atoms. The van der Waals surface area contributed by atoms with Gasteiger partial charge in [0, 0.05) is 24.9 Å². The van der Waals surface area contributed by atoms with E-state index in [1.807, 2.05) is 31.2 Å². The smallest absolute Gasteiger partial charge is 0.194 e. The van der Waals surface area contributed by atoms with E-state index < -0.39 is 0 Å². The minimum Gasteiger partial charge on any atom is -0.399 e. The van der Waals surface area contributed by atoms with E-state index in [0.717, 1.165) is 13.6 Å². The van der Waals surface area contributed by atoms with Crippen LogP contribution in [0.2, 0.25) is 0 Å². The molecule has 0 amide bonds. The third kappa shape index (κ3) is 2.75. The first-order valence-corrected chi connectivity index (χ1v) is 7.22. The normalized spacial score (nSPS) is 10.4. The van der Waals surface area contributed by atoms with E-state index in [4.69, 9.17) is 5.73 Å². The van der Waals surface area contributed by atoms with Gasteiger partial charge in [0.1, 0.15) is 0 Å². The molecular weight excluding hydrogens is 405 g/mol. The van der Waals surface area contributed by atoms with Crippen LogP contribution >= 0.6 is 38.5 Å². The maximum absolute atomic E-state index is 12.4. The molecule has 0 aliphatic rings. The van der Waals surface area contributed by atoms with Crippen LogP contribution in [0.25, 0.3) is 0 Å². The van der Waals surface area contributed by atoms with Crippen molar-refractivity contribution in [1.29, 1.82) is 0 Å². The second-order valence-electron chi connectivity index (χ2n) is 4.02. The number of aryl methyl sites for hydroxylation is 1. The van der Waals surface area contributed by atoms with Gasteiger partial charge in [-0.3, -0.25) is 4.79 Å². The molecule has 0 aromatic heterocycles. The number of ketones is 1. The average molecular weight is 416 g/mol. The molecule has 0 radical (unpaired) electrons. The van der Waals surface area contributed by atoms with Crippen molar-refractivity contribution in [2.75, 3.05) is 5.73 Å². The zero-order valence-corrected chi connectivity index (χ0v) is 13.4. The van der Waals surface area contributed by atoms with Gasteiger partial charge in [0.15, 0.2) is 5.78 Å². The Morgan fingerprint density at radius 2 is 1.94 bits per heavy atom. The van der Waals surface area contributed by atoms with Crippen molar-refractivity contribution >= 4 is 50.0 Å². The molecule has 2 aromatic rings. The van der Waals surface area contributed by atoms with Gasteiger partial charge in [0.25, 0.3) is 0 Å². The van der Waals surface area contributed by atoms with Gasteiger partial charge in [-0.05, 0) is 71.5 Å². The van der Waals surface area contributed by atoms with Crippen LogP contribution in [0.15, 0.2) is 40.9 Å². The Balaban J connectivity index is 2.47. The van der Waals surface area contributed by atoms with Crippen LogP contribution in [-0.4, -0.2) is 5.78 Å². The van der Waals surface area contributed by atoms with Gasteiger partial charge in [-0.25, -0.2) is 0 Å². The van der Waals surface area contributed by atoms with E-state index in [0.29, 0.717) is 16.8 Å². The molecule has 2 rings (SSSR count). The first-order chi connectivity index (χ1) is 8.49. The summed E-state index contributed by atoms with van der Waals surface area (Å²) in [6.45, 7) is 1.90. The summed E-state index contributed by atoms with van der Waals surface area (Å²) >= 11 is 5.61. The molecule has 0 heterocycles. The number of carbonyl (C=O) groups is 1. The van der Waals surface area contributed by atoms with Crippen LogP contribution in [-0.2, 0) is 0 Å². The Morgan fingerprint density at radius 3 is 2.61 bits per heavy atom. The number of hydrogen-bond acceptors (Lipinski definition) is 2. The van der Waals surface area contributed by atoms with Crippen LogP contribution in [0.3, 0.4) is 0 Å². The lowest BCUT2D eigenvalue weighted by molar-refractivity contribution is 0.103. The van der Waals surface area contributed by atoms with Gasteiger partial charge in [-0.2, -0.15) is 0 Å². The molecule has 4 heteroatoms. The number of halogens is 2. The molecule has 0 aliphatic heterocycles. The Kier molecular flexibility index (Phi) is 4.07. The maximum Gasteiger partial charge on any atom is 0.194 e. The first-order valence-electron chi connectivity index (χ1n) is 5.35. The van der Waals surface area contributed by atoms with Crippen molar-refractivity contribution in [2.45, 2.75) is 6.92 Å². The summed E-state index contributed by atoms with van der Waals surface area (Å²) in [5, 5.41) is 0. The molecule has 0 saturated carbocycles. The van der Waals surface area contributed by atoms with Crippen molar-refractivity contribution < 1.29 is 4.79 Å². The van der Waals surface area contributed by atoms with Gasteiger partial charge >= 0.3 is 0 Å². The lowest BCUT2D eigenvalue weighted by Gasteiger charge is -2.07. The average Bonchev–Trinajstić information content (AvgIpc) is 2.35. The summed E-state index contributed by atoms with van der Waals surface area (Å²) < 4.78 is 1.84. The number of hydrogen-bond donors (Lipinski definition) is 1. The molecular formula is C14H11BrINO. The summed E-state index contributed by atoms with van der Waals surface area (Å²) in [4.78, 5) is 12.4. The Bertz CT molecular complexity index is 625. The minimum atomic E-state index is 0.00323. The maximum atomic E-state index is 12.4. The predicted octanol–water partition coefficient (Wildman–Crippen LogP) is 4.18. The lowest BCUT2D eigenvalue weighted by atomic mass is 10.0. The number of nitrogens with two attached hydrogens (primary N) is 1. The van der Waals surface area contributed by atoms with E-state index in [-0.39, 0.29) is 5.78 Å². The molecule has 0 fully saturated rings. The molecule has 2 nitrogen and oxygen atoms in total. The van der Waals surface area contributed by atoms with Crippen molar-refractivity contribution in [3.05, 3.63) is 61.1 Å². The predicted molar refractivity (Wildman–Crippen MR) is 85.9 cm³/mol. The lowest BCUT2D eigenvalue weighted by Crippen LogP contribution is -2.04. The number of anilines is 1. The van der Waals surface area contributed by atoms with Gasteiger partial charge in [0.2, 0.25) is 0 Å². The summed E-state index contributed by atoms with van der Waals surface area (Å²) in [6, 6.07) is 11.1. The highest BCUT2D eigenvalue weighted by molar-refractivity contribution is 14.1. The number of rotatable bonds is 2. The van der Waals surface area contributed by atoms with E-state index in [9.17, 15) is 4.79 Å². The summed E-state index contributed by atoms with van der Waals surface area (Å²) in [6.07, 6.45) is 0. The van der Waals surface area contributed by atoms with E-state index in [1.165, 1.54) is 0 Å².